The summed E-state index contributed by atoms with van der Waals surface area (Å²) in [6, 6.07) is 0. The van der Waals surface area contributed by atoms with E-state index in [9.17, 15) is 9.90 Å². The summed E-state index contributed by atoms with van der Waals surface area (Å²) in [5.41, 5.74) is 5.49. The molecule has 0 aromatic carbocycles. The van der Waals surface area contributed by atoms with Crippen molar-refractivity contribution in [3.63, 3.8) is 0 Å². The van der Waals surface area contributed by atoms with E-state index in [-0.39, 0.29) is 17.9 Å². The molecule has 0 aliphatic heterocycles. The summed E-state index contributed by atoms with van der Waals surface area (Å²) in [5.74, 6) is 0.748. The SMILES string of the molecule is CC(CN)CCC(=O)NCC1CCCC1O. The maximum Gasteiger partial charge on any atom is 0.220 e. The second kappa shape index (κ2) is 6.86. The summed E-state index contributed by atoms with van der Waals surface area (Å²) in [6.07, 6.45) is 4.15. The minimum absolute atomic E-state index is 0.0828. The van der Waals surface area contributed by atoms with Gasteiger partial charge in [-0.1, -0.05) is 13.3 Å². The third kappa shape index (κ3) is 4.49. The molecule has 3 unspecified atom stereocenters. The van der Waals surface area contributed by atoms with Crippen LogP contribution < -0.4 is 11.1 Å². The van der Waals surface area contributed by atoms with E-state index in [1.54, 1.807) is 0 Å². The molecule has 1 aliphatic carbocycles. The predicted molar refractivity (Wildman–Crippen MR) is 63.8 cm³/mol. The highest BCUT2D eigenvalue weighted by molar-refractivity contribution is 5.75. The van der Waals surface area contributed by atoms with Crippen molar-refractivity contribution in [1.82, 2.24) is 5.32 Å². The summed E-state index contributed by atoms with van der Waals surface area (Å²) in [7, 11) is 0. The molecule has 0 aromatic rings. The molecule has 4 heteroatoms. The van der Waals surface area contributed by atoms with Gasteiger partial charge in [0.1, 0.15) is 0 Å². The Labute approximate surface area is 97.6 Å². The normalized spacial score (nSPS) is 26.7. The lowest BCUT2D eigenvalue weighted by Crippen LogP contribution is -2.32. The maximum absolute atomic E-state index is 11.5. The van der Waals surface area contributed by atoms with E-state index >= 15 is 0 Å². The van der Waals surface area contributed by atoms with Gasteiger partial charge in [-0.2, -0.15) is 0 Å². The van der Waals surface area contributed by atoms with Gasteiger partial charge in [-0.25, -0.2) is 0 Å². The molecule has 0 aromatic heterocycles. The molecule has 0 heterocycles. The van der Waals surface area contributed by atoms with Crippen molar-refractivity contribution in [2.75, 3.05) is 13.1 Å². The Kier molecular flexibility index (Phi) is 5.77. The third-order valence-corrected chi connectivity index (χ3v) is 3.45. The zero-order valence-electron chi connectivity index (χ0n) is 10.1. The van der Waals surface area contributed by atoms with Gasteiger partial charge >= 0.3 is 0 Å². The molecule has 1 saturated carbocycles. The van der Waals surface area contributed by atoms with E-state index in [1.807, 2.05) is 6.92 Å². The molecule has 1 fully saturated rings. The standard InChI is InChI=1S/C12H24N2O2/c1-9(7-13)5-6-12(16)14-8-10-3-2-4-11(10)15/h9-11,15H,2-8,13H2,1H3,(H,14,16). The van der Waals surface area contributed by atoms with Crippen molar-refractivity contribution in [3.8, 4) is 0 Å². The molecule has 0 bridgehead atoms. The van der Waals surface area contributed by atoms with Crippen molar-refractivity contribution in [3.05, 3.63) is 0 Å². The van der Waals surface area contributed by atoms with Crippen molar-refractivity contribution in [2.24, 2.45) is 17.6 Å². The lowest BCUT2D eigenvalue weighted by atomic mass is 10.0. The van der Waals surface area contributed by atoms with Gasteiger partial charge in [0.2, 0.25) is 5.91 Å². The van der Waals surface area contributed by atoms with E-state index in [1.165, 1.54) is 0 Å². The fourth-order valence-corrected chi connectivity index (χ4v) is 2.08. The Morgan fingerprint density at radius 2 is 2.31 bits per heavy atom. The number of nitrogens with one attached hydrogen (secondary N) is 1. The summed E-state index contributed by atoms with van der Waals surface area (Å²) in [5, 5.41) is 12.5. The molecule has 1 amide bonds. The maximum atomic E-state index is 11.5. The van der Waals surface area contributed by atoms with Crippen LogP contribution >= 0.6 is 0 Å². The van der Waals surface area contributed by atoms with Crippen LogP contribution in [0.3, 0.4) is 0 Å². The van der Waals surface area contributed by atoms with Crippen molar-refractivity contribution >= 4 is 5.91 Å². The topological polar surface area (TPSA) is 75.4 Å². The number of carbonyl (C=O) groups excluding carboxylic acids is 1. The lowest BCUT2D eigenvalue weighted by molar-refractivity contribution is -0.121. The number of aliphatic hydroxyl groups is 1. The molecule has 16 heavy (non-hydrogen) atoms. The monoisotopic (exact) mass is 228 g/mol. The van der Waals surface area contributed by atoms with Crippen LogP contribution in [0.1, 0.15) is 39.0 Å². The number of aliphatic hydroxyl groups excluding tert-OH is 1. The lowest BCUT2D eigenvalue weighted by Gasteiger charge is -2.15. The Bertz CT molecular complexity index is 221. The Morgan fingerprint density at radius 3 is 2.88 bits per heavy atom. The van der Waals surface area contributed by atoms with Crippen LogP contribution in [0.4, 0.5) is 0 Å². The van der Waals surface area contributed by atoms with E-state index in [4.69, 9.17) is 5.73 Å². The highest BCUT2D eigenvalue weighted by atomic mass is 16.3. The Balaban J connectivity index is 2.10. The van der Waals surface area contributed by atoms with Crippen molar-refractivity contribution in [2.45, 2.75) is 45.1 Å². The molecule has 4 N–H and O–H groups in total. The average molecular weight is 228 g/mol. The van der Waals surface area contributed by atoms with Crippen molar-refractivity contribution in [1.29, 1.82) is 0 Å². The molecule has 94 valence electrons. The molecular weight excluding hydrogens is 204 g/mol. The van der Waals surface area contributed by atoms with E-state index < -0.39 is 0 Å². The van der Waals surface area contributed by atoms with Gasteiger partial charge in [0.05, 0.1) is 6.10 Å². The molecule has 3 atom stereocenters. The highest BCUT2D eigenvalue weighted by Crippen LogP contribution is 2.24. The van der Waals surface area contributed by atoms with Crippen LogP contribution in [-0.4, -0.2) is 30.2 Å². The second-order valence-corrected chi connectivity index (χ2v) is 4.94. The van der Waals surface area contributed by atoms with E-state index in [2.05, 4.69) is 5.32 Å². The van der Waals surface area contributed by atoms with Gasteiger partial charge in [-0.05, 0) is 31.7 Å². The minimum Gasteiger partial charge on any atom is -0.393 e. The number of rotatable bonds is 6. The Morgan fingerprint density at radius 1 is 1.56 bits per heavy atom. The molecule has 0 spiro atoms. The summed E-state index contributed by atoms with van der Waals surface area (Å²) in [4.78, 5) is 11.5. The quantitative estimate of drug-likeness (QED) is 0.624. The predicted octanol–water partition coefficient (Wildman–Crippen LogP) is 0.639. The molecule has 1 rings (SSSR count). The van der Waals surface area contributed by atoms with Gasteiger partial charge in [0.25, 0.3) is 0 Å². The number of hydrogen-bond acceptors (Lipinski definition) is 3. The number of amides is 1. The fourth-order valence-electron chi connectivity index (χ4n) is 2.08. The number of carbonyl (C=O) groups is 1. The summed E-state index contributed by atoms with van der Waals surface area (Å²) < 4.78 is 0. The van der Waals surface area contributed by atoms with Crippen LogP contribution in [0.5, 0.6) is 0 Å². The van der Waals surface area contributed by atoms with Gasteiger partial charge in [0.15, 0.2) is 0 Å². The molecule has 1 aliphatic rings. The van der Waals surface area contributed by atoms with Gasteiger partial charge < -0.3 is 16.2 Å². The van der Waals surface area contributed by atoms with Crippen LogP contribution in [0.2, 0.25) is 0 Å². The van der Waals surface area contributed by atoms with E-state index in [0.717, 1.165) is 25.7 Å². The Hall–Kier alpha value is -0.610. The number of hydrogen-bond donors (Lipinski definition) is 3. The molecule has 0 radical (unpaired) electrons. The largest absolute Gasteiger partial charge is 0.393 e. The zero-order valence-corrected chi connectivity index (χ0v) is 10.1. The second-order valence-electron chi connectivity index (χ2n) is 4.94. The number of nitrogens with two attached hydrogens (primary N) is 1. The summed E-state index contributed by atoms with van der Waals surface area (Å²) in [6.45, 7) is 3.31. The summed E-state index contributed by atoms with van der Waals surface area (Å²) >= 11 is 0. The molecule has 4 nitrogen and oxygen atoms in total. The highest BCUT2D eigenvalue weighted by Gasteiger charge is 2.25. The van der Waals surface area contributed by atoms with Gasteiger partial charge in [-0.3, -0.25) is 4.79 Å². The first kappa shape index (κ1) is 13.5. The minimum atomic E-state index is -0.219. The van der Waals surface area contributed by atoms with Crippen LogP contribution in [0, 0.1) is 11.8 Å². The van der Waals surface area contributed by atoms with Gasteiger partial charge in [0, 0.05) is 18.9 Å². The van der Waals surface area contributed by atoms with Crippen LogP contribution in [0.15, 0.2) is 0 Å². The fraction of sp³-hybridized carbons (Fsp3) is 0.917. The van der Waals surface area contributed by atoms with E-state index in [0.29, 0.717) is 25.4 Å². The smallest absolute Gasteiger partial charge is 0.220 e. The molecule has 0 saturated heterocycles. The third-order valence-electron chi connectivity index (χ3n) is 3.45. The van der Waals surface area contributed by atoms with Crippen LogP contribution in [0.25, 0.3) is 0 Å². The van der Waals surface area contributed by atoms with Crippen LogP contribution in [-0.2, 0) is 4.79 Å². The first-order valence-electron chi connectivity index (χ1n) is 6.28. The van der Waals surface area contributed by atoms with Crippen molar-refractivity contribution < 1.29 is 9.90 Å². The molecular formula is C12H24N2O2. The zero-order chi connectivity index (χ0) is 12.0. The van der Waals surface area contributed by atoms with Gasteiger partial charge in [-0.15, -0.1) is 0 Å². The average Bonchev–Trinajstić information content (AvgIpc) is 2.69. The first-order valence-corrected chi connectivity index (χ1v) is 6.28. The first-order chi connectivity index (χ1) is 7.63.